The quantitative estimate of drug-likeness (QED) is 0.777. The van der Waals surface area contributed by atoms with Crippen LogP contribution in [0.4, 0.5) is 5.69 Å². The first-order valence-electron chi connectivity index (χ1n) is 6.02. The molecule has 3 rings (SSSR count). The van der Waals surface area contributed by atoms with Gasteiger partial charge in [-0.3, -0.25) is 0 Å². The highest BCUT2D eigenvalue weighted by Crippen LogP contribution is 2.41. The van der Waals surface area contributed by atoms with Crippen molar-refractivity contribution in [2.75, 3.05) is 5.73 Å². The van der Waals surface area contributed by atoms with Gasteiger partial charge in [0.05, 0.1) is 11.0 Å². The molecule has 3 N–H and O–H groups in total. The molecule has 0 unspecified atom stereocenters. The minimum Gasteiger partial charge on any atom is -0.399 e. The van der Waals surface area contributed by atoms with E-state index in [1.807, 2.05) is 18.2 Å². The highest BCUT2D eigenvalue weighted by Gasteiger charge is 2.36. The molecule has 1 fully saturated rings. The lowest BCUT2D eigenvalue weighted by molar-refractivity contribution is 0.156. The second-order valence-corrected chi connectivity index (χ2v) is 5.12. The van der Waals surface area contributed by atoms with Gasteiger partial charge in [-0.05, 0) is 44.4 Å². The summed E-state index contributed by atoms with van der Waals surface area (Å²) in [5, 5.41) is 9.46. The van der Waals surface area contributed by atoms with Gasteiger partial charge in [0.15, 0.2) is 0 Å². The Balaban J connectivity index is 2.27. The third-order valence-electron chi connectivity index (χ3n) is 3.86. The van der Waals surface area contributed by atoms with E-state index < -0.39 is 0 Å². The smallest absolute Gasteiger partial charge is 0.136 e. The summed E-state index contributed by atoms with van der Waals surface area (Å²) in [5.74, 6) is 0.743. The lowest BCUT2D eigenvalue weighted by Gasteiger charge is -2.41. The SMILES string of the molecule is CC1(n2c(CO)nc3cc(N)ccc32)CCC1. The Morgan fingerprint density at radius 2 is 2.24 bits per heavy atom. The van der Waals surface area contributed by atoms with Crippen LogP contribution in [0, 0.1) is 0 Å². The Morgan fingerprint density at radius 1 is 1.47 bits per heavy atom. The summed E-state index contributed by atoms with van der Waals surface area (Å²) in [6.07, 6.45) is 3.54. The molecule has 4 nitrogen and oxygen atoms in total. The lowest BCUT2D eigenvalue weighted by atomic mass is 9.78. The first kappa shape index (κ1) is 10.6. The standard InChI is InChI=1S/C13H17N3O/c1-13(5-2-6-13)16-11-4-3-9(14)7-10(11)15-12(16)8-17/h3-4,7,17H,2,5-6,8,14H2,1H3. The Hall–Kier alpha value is -1.55. The van der Waals surface area contributed by atoms with Crippen LogP contribution in [-0.2, 0) is 12.1 Å². The summed E-state index contributed by atoms with van der Waals surface area (Å²) >= 11 is 0. The number of aliphatic hydroxyl groups excluding tert-OH is 1. The van der Waals surface area contributed by atoms with E-state index in [2.05, 4.69) is 16.5 Å². The molecular formula is C13H17N3O. The molecule has 0 amide bonds. The maximum absolute atomic E-state index is 9.46. The normalized spacial score (nSPS) is 18.2. The zero-order valence-corrected chi connectivity index (χ0v) is 9.98. The van der Waals surface area contributed by atoms with Crippen molar-refractivity contribution in [2.24, 2.45) is 0 Å². The van der Waals surface area contributed by atoms with Gasteiger partial charge < -0.3 is 15.4 Å². The summed E-state index contributed by atoms with van der Waals surface area (Å²) in [4.78, 5) is 4.47. The summed E-state index contributed by atoms with van der Waals surface area (Å²) in [6.45, 7) is 2.21. The number of rotatable bonds is 2. The third kappa shape index (κ3) is 1.44. The van der Waals surface area contributed by atoms with E-state index >= 15 is 0 Å². The van der Waals surface area contributed by atoms with Crippen LogP contribution in [-0.4, -0.2) is 14.7 Å². The van der Waals surface area contributed by atoms with Gasteiger partial charge in [0, 0.05) is 11.2 Å². The maximum atomic E-state index is 9.46. The van der Waals surface area contributed by atoms with Gasteiger partial charge >= 0.3 is 0 Å². The van der Waals surface area contributed by atoms with Crippen molar-refractivity contribution in [2.45, 2.75) is 38.3 Å². The van der Waals surface area contributed by atoms with E-state index in [0.717, 1.165) is 29.7 Å². The summed E-state index contributed by atoms with van der Waals surface area (Å²) in [7, 11) is 0. The van der Waals surface area contributed by atoms with Crippen molar-refractivity contribution in [1.82, 2.24) is 9.55 Å². The number of nitrogens with two attached hydrogens (primary N) is 1. The second kappa shape index (κ2) is 3.47. The highest BCUT2D eigenvalue weighted by molar-refractivity contribution is 5.80. The number of anilines is 1. The van der Waals surface area contributed by atoms with Gasteiger partial charge in [0.2, 0.25) is 0 Å². The van der Waals surface area contributed by atoms with Gasteiger partial charge in [-0.15, -0.1) is 0 Å². The van der Waals surface area contributed by atoms with Gasteiger partial charge in [0.1, 0.15) is 12.4 Å². The first-order valence-corrected chi connectivity index (χ1v) is 6.02. The van der Waals surface area contributed by atoms with Crippen LogP contribution in [0.2, 0.25) is 0 Å². The molecule has 0 aliphatic heterocycles. The van der Waals surface area contributed by atoms with Crippen LogP contribution >= 0.6 is 0 Å². The number of aliphatic hydroxyl groups is 1. The Labute approximate surface area is 100 Å². The van der Waals surface area contributed by atoms with Crippen molar-refractivity contribution < 1.29 is 5.11 Å². The molecule has 0 saturated heterocycles. The van der Waals surface area contributed by atoms with Crippen molar-refractivity contribution in [1.29, 1.82) is 0 Å². The van der Waals surface area contributed by atoms with Crippen molar-refractivity contribution in [3.63, 3.8) is 0 Å². The van der Waals surface area contributed by atoms with Crippen molar-refractivity contribution in [3.8, 4) is 0 Å². The number of nitrogen functional groups attached to an aromatic ring is 1. The molecule has 1 saturated carbocycles. The molecule has 1 aliphatic carbocycles. The minimum atomic E-state index is -0.0236. The lowest BCUT2D eigenvalue weighted by Crippen LogP contribution is -2.38. The number of nitrogens with zero attached hydrogens (tertiary/aromatic N) is 2. The zero-order valence-electron chi connectivity index (χ0n) is 9.98. The predicted molar refractivity (Wildman–Crippen MR) is 67.6 cm³/mol. The van der Waals surface area contributed by atoms with E-state index in [4.69, 9.17) is 5.73 Å². The summed E-state index contributed by atoms with van der Waals surface area (Å²) in [6, 6.07) is 5.76. The zero-order chi connectivity index (χ0) is 12.0. The Bertz CT molecular complexity index is 569. The Morgan fingerprint density at radius 3 is 2.82 bits per heavy atom. The molecular weight excluding hydrogens is 214 g/mol. The molecule has 2 aromatic rings. The highest BCUT2D eigenvalue weighted by atomic mass is 16.3. The topological polar surface area (TPSA) is 64.1 Å². The predicted octanol–water partition coefficient (Wildman–Crippen LogP) is 2.01. The molecule has 1 aliphatic rings. The molecule has 17 heavy (non-hydrogen) atoms. The maximum Gasteiger partial charge on any atom is 0.136 e. The fraction of sp³-hybridized carbons (Fsp3) is 0.462. The van der Waals surface area contributed by atoms with E-state index in [1.165, 1.54) is 6.42 Å². The number of fused-ring (bicyclic) bond motifs is 1. The van der Waals surface area contributed by atoms with Crippen LogP contribution in [0.3, 0.4) is 0 Å². The van der Waals surface area contributed by atoms with Gasteiger partial charge in [0.25, 0.3) is 0 Å². The first-order chi connectivity index (χ1) is 8.14. The average Bonchev–Trinajstić information content (AvgIpc) is 2.63. The fourth-order valence-electron chi connectivity index (χ4n) is 2.77. The minimum absolute atomic E-state index is 0.0236. The number of hydrogen-bond acceptors (Lipinski definition) is 3. The van der Waals surface area contributed by atoms with Crippen LogP contribution in [0.5, 0.6) is 0 Å². The summed E-state index contributed by atoms with van der Waals surface area (Å²) < 4.78 is 2.19. The summed E-state index contributed by atoms with van der Waals surface area (Å²) in [5.41, 5.74) is 8.55. The molecule has 1 heterocycles. The Kier molecular flexibility index (Phi) is 2.16. The van der Waals surface area contributed by atoms with Crippen molar-refractivity contribution >= 4 is 16.7 Å². The monoisotopic (exact) mass is 231 g/mol. The van der Waals surface area contributed by atoms with Crippen LogP contribution < -0.4 is 5.73 Å². The second-order valence-electron chi connectivity index (χ2n) is 5.12. The number of aromatic nitrogens is 2. The molecule has 1 aromatic heterocycles. The molecule has 90 valence electrons. The largest absolute Gasteiger partial charge is 0.399 e. The molecule has 1 aromatic carbocycles. The van der Waals surface area contributed by atoms with Gasteiger partial charge in [-0.25, -0.2) is 4.98 Å². The van der Waals surface area contributed by atoms with Crippen LogP contribution in [0.15, 0.2) is 18.2 Å². The third-order valence-corrected chi connectivity index (χ3v) is 3.86. The van der Waals surface area contributed by atoms with Crippen LogP contribution in [0.25, 0.3) is 11.0 Å². The van der Waals surface area contributed by atoms with E-state index in [0.29, 0.717) is 5.69 Å². The fourth-order valence-corrected chi connectivity index (χ4v) is 2.77. The number of hydrogen-bond donors (Lipinski definition) is 2. The van der Waals surface area contributed by atoms with Gasteiger partial charge in [-0.1, -0.05) is 0 Å². The molecule has 0 spiro atoms. The molecule has 0 radical (unpaired) electrons. The molecule has 0 atom stereocenters. The molecule has 4 heteroatoms. The van der Waals surface area contributed by atoms with Gasteiger partial charge in [-0.2, -0.15) is 0 Å². The van der Waals surface area contributed by atoms with E-state index in [-0.39, 0.29) is 12.1 Å². The molecule has 0 bridgehead atoms. The van der Waals surface area contributed by atoms with Crippen molar-refractivity contribution in [3.05, 3.63) is 24.0 Å². The van der Waals surface area contributed by atoms with E-state index in [9.17, 15) is 5.11 Å². The van der Waals surface area contributed by atoms with Crippen LogP contribution in [0.1, 0.15) is 32.0 Å². The number of imidazole rings is 1. The van der Waals surface area contributed by atoms with E-state index in [1.54, 1.807) is 0 Å². The number of benzene rings is 1. The average molecular weight is 231 g/mol.